The minimum atomic E-state index is -0.152. The summed E-state index contributed by atoms with van der Waals surface area (Å²) >= 11 is 0. The Labute approximate surface area is 103 Å². The topological polar surface area (TPSA) is 44.8 Å². The summed E-state index contributed by atoms with van der Waals surface area (Å²) in [4.78, 5) is 16.3. The SMILES string of the molecule is CN(CC1CCCN1C)C(=O)C1COCCN1. The van der Waals surface area contributed by atoms with Gasteiger partial charge in [-0.2, -0.15) is 0 Å². The van der Waals surface area contributed by atoms with Crippen LogP contribution in [0.5, 0.6) is 0 Å². The molecule has 2 unspecified atom stereocenters. The highest BCUT2D eigenvalue weighted by molar-refractivity contribution is 5.82. The van der Waals surface area contributed by atoms with Gasteiger partial charge in [0.25, 0.3) is 0 Å². The molecule has 0 aromatic heterocycles. The van der Waals surface area contributed by atoms with E-state index in [1.807, 2.05) is 11.9 Å². The van der Waals surface area contributed by atoms with Crippen LogP contribution in [0.15, 0.2) is 0 Å². The number of hydrogen-bond acceptors (Lipinski definition) is 4. The Morgan fingerprint density at radius 3 is 3.00 bits per heavy atom. The van der Waals surface area contributed by atoms with Gasteiger partial charge < -0.3 is 19.9 Å². The number of likely N-dealkylation sites (N-methyl/N-ethyl adjacent to an activating group) is 2. The molecule has 0 aromatic carbocycles. The maximum Gasteiger partial charge on any atom is 0.241 e. The first-order valence-corrected chi connectivity index (χ1v) is 6.45. The van der Waals surface area contributed by atoms with Gasteiger partial charge in [0.05, 0.1) is 13.2 Å². The lowest BCUT2D eigenvalue weighted by Gasteiger charge is -2.30. The molecule has 2 aliphatic rings. The molecule has 0 aliphatic carbocycles. The van der Waals surface area contributed by atoms with Gasteiger partial charge in [-0.25, -0.2) is 0 Å². The number of carbonyl (C=O) groups excluding carboxylic acids is 1. The van der Waals surface area contributed by atoms with E-state index < -0.39 is 0 Å². The molecule has 0 saturated carbocycles. The van der Waals surface area contributed by atoms with Crippen molar-refractivity contribution in [1.82, 2.24) is 15.1 Å². The van der Waals surface area contributed by atoms with Crippen LogP contribution in [0.25, 0.3) is 0 Å². The van der Waals surface area contributed by atoms with E-state index in [1.165, 1.54) is 12.8 Å². The number of carbonyl (C=O) groups is 1. The number of likely N-dealkylation sites (tertiary alicyclic amines) is 1. The van der Waals surface area contributed by atoms with Crippen LogP contribution in [0.2, 0.25) is 0 Å². The van der Waals surface area contributed by atoms with Crippen LogP contribution >= 0.6 is 0 Å². The van der Waals surface area contributed by atoms with Crippen molar-refractivity contribution in [1.29, 1.82) is 0 Å². The fraction of sp³-hybridized carbons (Fsp3) is 0.917. The van der Waals surface area contributed by atoms with E-state index in [1.54, 1.807) is 0 Å². The molecule has 5 heteroatoms. The molecule has 2 heterocycles. The molecule has 0 aromatic rings. The zero-order chi connectivity index (χ0) is 12.3. The van der Waals surface area contributed by atoms with Gasteiger partial charge in [-0.15, -0.1) is 0 Å². The van der Waals surface area contributed by atoms with Crippen molar-refractivity contribution < 1.29 is 9.53 Å². The summed E-state index contributed by atoms with van der Waals surface area (Å²) in [7, 11) is 4.03. The normalized spacial score (nSPS) is 30.5. The summed E-state index contributed by atoms with van der Waals surface area (Å²) in [5, 5.41) is 3.21. The Hall–Kier alpha value is -0.650. The first-order chi connectivity index (χ1) is 8.18. The van der Waals surface area contributed by atoms with Crippen molar-refractivity contribution in [3.63, 3.8) is 0 Å². The van der Waals surface area contributed by atoms with Gasteiger partial charge in [0.2, 0.25) is 5.91 Å². The van der Waals surface area contributed by atoms with Crippen molar-refractivity contribution >= 4 is 5.91 Å². The maximum absolute atomic E-state index is 12.2. The fourth-order valence-corrected chi connectivity index (χ4v) is 2.61. The zero-order valence-electron chi connectivity index (χ0n) is 10.8. The van der Waals surface area contributed by atoms with Crippen molar-refractivity contribution in [3.8, 4) is 0 Å². The number of nitrogens with zero attached hydrogens (tertiary/aromatic N) is 2. The molecule has 0 spiro atoms. The number of nitrogens with one attached hydrogen (secondary N) is 1. The van der Waals surface area contributed by atoms with Crippen molar-refractivity contribution in [2.45, 2.75) is 24.9 Å². The molecule has 5 nitrogen and oxygen atoms in total. The van der Waals surface area contributed by atoms with Gasteiger partial charge in [-0.3, -0.25) is 4.79 Å². The van der Waals surface area contributed by atoms with E-state index in [2.05, 4.69) is 17.3 Å². The van der Waals surface area contributed by atoms with Crippen LogP contribution in [-0.4, -0.2) is 74.7 Å². The molecule has 2 rings (SSSR count). The standard InChI is InChI=1S/C12H23N3O2/c1-14-6-3-4-10(14)8-15(2)12(16)11-9-17-7-5-13-11/h10-11,13H,3-9H2,1-2H3. The minimum absolute atomic E-state index is 0.152. The van der Waals surface area contributed by atoms with E-state index >= 15 is 0 Å². The van der Waals surface area contributed by atoms with E-state index in [0.717, 1.165) is 19.6 Å². The Balaban J connectivity index is 1.81. The van der Waals surface area contributed by atoms with Gasteiger partial charge in [0, 0.05) is 26.2 Å². The summed E-state index contributed by atoms with van der Waals surface area (Å²) in [5.41, 5.74) is 0. The molecule has 2 saturated heterocycles. The first kappa shape index (κ1) is 12.8. The average Bonchev–Trinajstić information content (AvgIpc) is 2.75. The third-order valence-electron chi connectivity index (χ3n) is 3.75. The van der Waals surface area contributed by atoms with E-state index in [4.69, 9.17) is 4.74 Å². The number of ether oxygens (including phenoxy) is 1. The van der Waals surface area contributed by atoms with Crippen molar-refractivity contribution in [2.75, 3.05) is 46.9 Å². The molecule has 2 aliphatic heterocycles. The summed E-state index contributed by atoms with van der Waals surface area (Å²) in [6.45, 7) is 3.96. The van der Waals surface area contributed by atoms with E-state index in [-0.39, 0.29) is 11.9 Å². The molecule has 2 fully saturated rings. The van der Waals surface area contributed by atoms with Crippen LogP contribution in [0.1, 0.15) is 12.8 Å². The third-order valence-corrected chi connectivity index (χ3v) is 3.75. The summed E-state index contributed by atoms with van der Waals surface area (Å²) < 4.78 is 5.32. The van der Waals surface area contributed by atoms with Crippen LogP contribution < -0.4 is 5.32 Å². The number of rotatable bonds is 3. The predicted molar refractivity (Wildman–Crippen MR) is 65.9 cm³/mol. The Kier molecular flexibility index (Phi) is 4.36. The molecule has 1 amide bonds. The van der Waals surface area contributed by atoms with Crippen molar-refractivity contribution in [3.05, 3.63) is 0 Å². The predicted octanol–water partition coefficient (Wildman–Crippen LogP) is -0.473. The number of morpholine rings is 1. The second-order valence-corrected chi connectivity index (χ2v) is 5.08. The van der Waals surface area contributed by atoms with Crippen LogP contribution in [0.3, 0.4) is 0 Å². The smallest absolute Gasteiger partial charge is 0.241 e. The highest BCUT2D eigenvalue weighted by Crippen LogP contribution is 2.15. The van der Waals surface area contributed by atoms with Gasteiger partial charge in [-0.05, 0) is 26.4 Å². The molecular weight excluding hydrogens is 218 g/mol. The minimum Gasteiger partial charge on any atom is -0.378 e. The van der Waals surface area contributed by atoms with Crippen molar-refractivity contribution in [2.24, 2.45) is 0 Å². The van der Waals surface area contributed by atoms with Crippen LogP contribution in [0.4, 0.5) is 0 Å². The maximum atomic E-state index is 12.2. The van der Waals surface area contributed by atoms with Gasteiger partial charge >= 0.3 is 0 Å². The molecule has 1 N–H and O–H groups in total. The first-order valence-electron chi connectivity index (χ1n) is 6.45. The van der Waals surface area contributed by atoms with Crippen LogP contribution in [0, 0.1) is 0 Å². The molecule has 2 atom stereocenters. The molecule has 17 heavy (non-hydrogen) atoms. The largest absolute Gasteiger partial charge is 0.378 e. The monoisotopic (exact) mass is 241 g/mol. The van der Waals surface area contributed by atoms with Gasteiger partial charge in [0.1, 0.15) is 6.04 Å². The lowest BCUT2D eigenvalue weighted by atomic mass is 10.2. The zero-order valence-corrected chi connectivity index (χ0v) is 10.8. The molecular formula is C12H23N3O2. The second-order valence-electron chi connectivity index (χ2n) is 5.08. The van der Waals surface area contributed by atoms with E-state index in [9.17, 15) is 4.79 Å². The third kappa shape index (κ3) is 3.18. The second kappa shape index (κ2) is 5.80. The summed E-state index contributed by atoms with van der Waals surface area (Å²) in [6, 6.07) is 0.369. The lowest BCUT2D eigenvalue weighted by Crippen LogP contribution is -2.53. The quantitative estimate of drug-likeness (QED) is 0.725. The fourth-order valence-electron chi connectivity index (χ4n) is 2.61. The van der Waals surface area contributed by atoms with Gasteiger partial charge in [-0.1, -0.05) is 0 Å². The summed E-state index contributed by atoms with van der Waals surface area (Å²) in [6.07, 6.45) is 2.44. The van der Waals surface area contributed by atoms with Crippen LogP contribution in [-0.2, 0) is 9.53 Å². The van der Waals surface area contributed by atoms with E-state index in [0.29, 0.717) is 19.3 Å². The Morgan fingerprint density at radius 2 is 2.41 bits per heavy atom. The Bertz CT molecular complexity index is 266. The highest BCUT2D eigenvalue weighted by Gasteiger charge is 2.28. The average molecular weight is 241 g/mol. The molecule has 0 radical (unpaired) electrons. The number of amides is 1. The van der Waals surface area contributed by atoms with Gasteiger partial charge in [0.15, 0.2) is 0 Å². The summed E-state index contributed by atoms with van der Waals surface area (Å²) in [5.74, 6) is 0.157. The number of hydrogen-bond donors (Lipinski definition) is 1. The molecule has 98 valence electrons. The highest BCUT2D eigenvalue weighted by atomic mass is 16.5. The molecule has 0 bridgehead atoms. The lowest BCUT2D eigenvalue weighted by molar-refractivity contribution is -0.135. The Morgan fingerprint density at radius 1 is 1.59 bits per heavy atom.